The first-order chi connectivity index (χ1) is 8.43. The number of rotatable bonds is 6. The van der Waals surface area contributed by atoms with Crippen molar-refractivity contribution in [1.29, 1.82) is 0 Å². The van der Waals surface area contributed by atoms with E-state index in [0.29, 0.717) is 17.5 Å². The average molecular weight is 265 g/mol. The molecule has 0 radical (unpaired) electrons. The van der Waals surface area contributed by atoms with E-state index < -0.39 is 0 Å². The van der Waals surface area contributed by atoms with E-state index in [2.05, 4.69) is 32.9 Å². The maximum Gasteiger partial charge on any atom is 0.122 e. The Kier molecular flexibility index (Phi) is 5.60. The van der Waals surface area contributed by atoms with Crippen LogP contribution in [0.4, 0.5) is 0 Å². The zero-order valence-corrected chi connectivity index (χ0v) is 12.6. The van der Waals surface area contributed by atoms with Crippen molar-refractivity contribution in [2.45, 2.75) is 40.5 Å². The van der Waals surface area contributed by atoms with Crippen molar-refractivity contribution >= 4 is 17.2 Å². The second-order valence-electron chi connectivity index (χ2n) is 4.96. The Hall–Kier alpha value is -1.09. The van der Waals surface area contributed by atoms with E-state index in [1.807, 2.05) is 6.92 Å². The fraction of sp³-hybridized carbons (Fsp3) is 0.533. The van der Waals surface area contributed by atoms with Crippen molar-refractivity contribution in [2.24, 2.45) is 11.7 Å². The highest BCUT2D eigenvalue weighted by Gasteiger charge is 2.10. The van der Waals surface area contributed by atoms with E-state index in [-0.39, 0.29) is 0 Å². The summed E-state index contributed by atoms with van der Waals surface area (Å²) in [5, 5.41) is 0. The molecule has 1 aromatic rings. The lowest BCUT2D eigenvalue weighted by molar-refractivity contribution is 0.337. The highest BCUT2D eigenvalue weighted by atomic mass is 32.1. The third-order valence-corrected chi connectivity index (χ3v) is 3.22. The van der Waals surface area contributed by atoms with Gasteiger partial charge in [-0.1, -0.05) is 25.2 Å². The zero-order valence-electron chi connectivity index (χ0n) is 11.7. The van der Waals surface area contributed by atoms with Gasteiger partial charge in [0.2, 0.25) is 0 Å². The highest BCUT2D eigenvalue weighted by Crippen LogP contribution is 2.25. The van der Waals surface area contributed by atoms with Gasteiger partial charge >= 0.3 is 0 Å². The Morgan fingerprint density at radius 2 is 2.00 bits per heavy atom. The number of ether oxygens (including phenoxy) is 1. The van der Waals surface area contributed by atoms with Gasteiger partial charge in [-0.2, -0.15) is 0 Å². The summed E-state index contributed by atoms with van der Waals surface area (Å²) in [4.78, 5) is 0.600. The molecule has 2 N–H and O–H groups in total. The molecule has 1 atom stereocenters. The van der Waals surface area contributed by atoms with E-state index in [1.54, 1.807) is 0 Å². The Morgan fingerprint density at radius 1 is 1.33 bits per heavy atom. The van der Waals surface area contributed by atoms with Crippen molar-refractivity contribution < 1.29 is 4.74 Å². The van der Waals surface area contributed by atoms with Crippen molar-refractivity contribution in [2.75, 3.05) is 6.61 Å². The van der Waals surface area contributed by atoms with Gasteiger partial charge in [0.15, 0.2) is 0 Å². The minimum absolute atomic E-state index is 0.485. The van der Waals surface area contributed by atoms with Gasteiger partial charge in [0.25, 0.3) is 0 Å². The normalized spacial score (nSPS) is 12.2. The molecule has 1 unspecified atom stereocenters. The predicted molar refractivity (Wildman–Crippen MR) is 81.4 cm³/mol. The fourth-order valence-electron chi connectivity index (χ4n) is 2.17. The van der Waals surface area contributed by atoms with Crippen LogP contribution in [0.2, 0.25) is 0 Å². The highest BCUT2D eigenvalue weighted by molar-refractivity contribution is 7.80. The molecule has 100 valence electrons. The lowest BCUT2D eigenvalue weighted by Gasteiger charge is -2.15. The van der Waals surface area contributed by atoms with Crippen LogP contribution in [0.25, 0.3) is 0 Å². The molecule has 3 heteroatoms. The monoisotopic (exact) mass is 265 g/mol. The predicted octanol–water partition coefficient (Wildman–Crippen LogP) is 3.56. The molecule has 1 rings (SSSR count). The summed E-state index contributed by atoms with van der Waals surface area (Å²) in [5.41, 5.74) is 9.42. The standard InChI is InChI=1S/C15H23NOS/c1-5-17-14-9-11(3)13(8-12(14)4)6-10(2)7-15(16)18/h8-10H,5-7H2,1-4H3,(H2,16,18). The van der Waals surface area contributed by atoms with Crippen LogP contribution < -0.4 is 10.5 Å². The van der Waals surface area contributed by atoms with E-state index in [0.717, 1.165) is 18.6 Å². The summed E-state index contributed by atoms with van der Waals surface area (Å²) in [6.45, 7) is 9.12. The smallest absolute Gasteiger partial charge is 0.122 e. The molecular formula is C15H23NOS. The molecule has 0 fully saturated rings. The van der Waals surface area contributed by atoms with Gasteiger partial charge in [0.05, 0.1) is 11.6 Å². The molecule has 0 saturated heterocycles. The molecule has 0 aliphatic rings. The van der Waals surface area contributed by atoms with Gasteiger partial charge in [-0.15, -0.1) is 0 Å². The zero-order chi connectivity index (χ0) is 13.7. The van der Waals surface area contributed by atoms with Gasteiger partial charge in [-0.3, -0.25) is 0 Å². The second kappa shape index (κ2) is 6.74. The molecule has 0 aliphatic heterocycles. The average Bonchev–Trinajstić information content (AvgIpc) is 2.24. The second-order valence-corrected chi connectivity index (χ2v) is 5.48. The molecule has 18 heavy (non-hydrogen) atoms. The van der Waals surface area contributed by atoms with Gasteiger partial charge in [0.1, 0.15) is 5.75 Å². The number of nitrogens with two attached hydrogens (primary N) is 1. The topological polar surface area (TPSA) is 35.2 Å². The Balaban J connectivity index is 2.84. The van der Waals surface area contributed by atoms with Gasteiger partial charge in [-0.05, 0) is 55.9 Å². The quantitative estimate of drug-likeness (QED) is 0.799. The maximum atomic E-state index is 5.60. The SMILES string of the molecule is CCOc1cc(C)c(CC(C)CC(N)=S)cc1C. The van der Waals surface area contributed by atoms with Crippen molar-refractivity contribution in [3.05, 3.63) is 28.8 Å². The molecule has 0 amide bonds. The maximum absolute atomic E-state index is 5.60. The summed E-state index contributed by atoms with van der Waals surface area (Å²) >= 11 is 4.96. The van der Waals surface area contributed by atoms with Crippen LogP contribution in [0, 0.1) is 19.8 Å². The molecule has 0 aromatic heterocycles. The van der Waals surface area contributed by atoms with Gasteiger partial charge in [-0.25, -0.2) is 0 Å². The minimum atomic E-state index is 0.485. The summed E-state index contributed by atoms with van der Waals surface area (Å²) in [6, 6.07) is 4.35. The lowest BCUT2D eigenvalue weighted by Crippen LogP contribution is -2.14. The first-order valence-corrected chi connectivity index (χ1v) is 6.86. The van der Waals surface area contributed by atoms with Gasteiger partial charge < -0.3 is 10.5 Å². The third kappa shape index (κ3) is 4.30. The van der Waals surface area contributed by atoms with Crippen LogP contribution in [-0.4, -0.2) is 11.6 Å². The molecule has 2 nitrogen and oxygen atoms in total. The van der Waals surface area contributed by atoms with Crippen molar-refractivity contribution in [3.8, 4) is 5.75 Å². The number of hydrogen-bond acceptors (Lipinski definition) is 2. The van der Waals surface area contributed by atoms with E-state index in [9.17, 15) is 0 Å². The van der Waals surface area contributed by atoms with Crippen molar-refractivity contribution in [3.63, 3.8) is 0 Å². The van der Waals surface area contributed by atoms with Gasteiger partial charge in [0, 0.05) is 6.42 Å². The summed E-state index contributed by atoms with van der Waals surface area (Å²) in [5.74, 6) is 1.47. The first-order valence-electron chi connectivity index (χ1n) is 6.45. The summed E-state index contributed by atoms with van der Waals surface area (Å²) in [6.07, 6.45) is 1.82. The Morgan fingerprint density at radius 3 is 2.56 bits per heavy atom. The van der Waals surface area contributed by atoms with Crippen LogP contribution >= 0.6 is 12.2 Å². The number of thiocarbonyl (C=S) groups is 1. The van der Waals surface area contributed by atoms with Crippen LogP contribution in [0.5, 0.6) is 5.75 Å². The molecule has 0 saturated carbocycles. The summed E-state index contributed by atoms with van der Waals surface area (Å²) in [7, 11) is 0. The first kappa shape index (κ1) is 15.0. The molecule has 0 spiro atoms. The number of aryl methyl sites for hydroxylation is 2. The van der Waals surface area contributed by atoms with Crippen LogP contribution in [0.1, 0.15) is 37.0 Å². The van der Waals surface area contributed by atoms with Crippen LogP contribution in [0.15, 0.2) is 12.1 Å². The molecule has 0 bridgehead atoms. The molecule has 0 aliphatic carbocycles. The molecule has 1 aromatic carbocycles. The van der Waals surface area contributed by atoms with E-state index in [1.165, 1.54) is 16.7 Å². The largest absolute Gasteiger partial charge is 0.494 e. The lowest BCUT2D eigenvalue weighted by atomic mass is 9.93. The minimum Gasteiger partial charge on any atom is -0.494 e. The Bertz CT molecular complexity index is 429. The third-order valence-electron chi connectivity index (χ3n) is 3.05. The number of hydrogen-bond donors (Lipinski definition) is 1. The molecule has 0 heterocycles. The van der Waals surface area contributed by atoms with Crippen LogP contribution in [0.3, 0.4) is 0 Å². The summed E-state index contributed by atoms with van der Waals surface area (Å²) < 4.78 is 5.60. The number of benzene rings is 1. The van der Waals surface area contributed by atoms with Crippen molar-refractivity contribution in [1.82, 2.24) is 0 Å². The van der Waals surface area contributed by atoms with E-state index in [4.69, 9.17) is 22.7 Å². The van der Waals surface area contributed by atoms with Crippen LogP contribution in [-0.2, 0) is 6.42 Å². The fourth-order valence-corrected chi connectivity index (χ4v) is 2.46. The van der Waals surface area contributed by atoms with E-state index >= 15 is 0 Å². The molecular weight excluding hydrogens is 242 g/mol. The Labute approximate surface area is 116 Å².